The van der Waals surface area contributed by atoms with Crippen molar-refractivity contribution in [2.45, 2.75) is 78.8 Å². The zero-order valence-electron chi connectivity index (χ0n) is 28.4. The van der Waals surface area contributed by atoms with E-state index in [0.29, 0.717) is 49.7 Å². The molecule has 0 N–H and O–H groups in total. The Morgan fingerprint density at radius 3 is 1.88 bits per heavy atom. The number of benzene rings is 5. The fraction of sp³-hybridized carbons (Fsp3) is 0.279. The maximum absolute atomic E-state index is 14.4. The summed E-state index contributed by atoms with van der Waals surface area (Å²) in [5, 5.41) is 0. The third kappa shape index (κ3) is 7.91. The van der Waals surface area contributed by atoms with Crippen molar-refractivity contribution in [3.05, 3.63) is 154 Å². The van der Waals surface area contributed by atoms with Crippen LogP contribution in [0.3, 0.4) is 0 Å². The van der Waals surface area contributed by atoms with Gasteiger partial charge < -0.3 is 18.9 Å². The number of rotatable bonds is 13. The zero-order chi connectivity index (χ0) is 33.5. The van der Waals surface area contributed by atoms with Crippen molar-refractivity contribution >= 4 is 5.78 Å². The van der Waals surface area contributed by atoms with E-state index in [1.165, 1.54) is 0 Å². The van der Waals surface area contributed by atoms with E-state index in [9.17, 15) is 4.79 Å². The van der Waals surface area contributed by atoms with Crippen LogP contribution in [-0.4, -0.2) is 11.4 Å². The maximum atomic E-state index is 14.4. The van der Waals surface area contributed by atoms with Gasteiger partial charge in [-0.15, -0.1) is 0 Å². The Morgan fingerprint density at radius 1 is 0.708 bits per heavy atom. The normalized spacial score (nSPS) is 13.2. The van der Waals surface area contributed by atoms with Gasteiger partial charge in [-0.25, -0.2) is 0 Å². The third-order valence-corrected chi connectivity index (χ3v) is 9.05. The van der Waals surface area contributed by atoms with Crippen LogP contribution >= 0.6 is 0 Å². The number of fused-ring (bicyclic) bond motifs is 1. The van der Waals surface area contributed by atoms with E-state index in [1.807, 2.05) is 116 Å². The number of carbonyl (C=O) groups excluding carboxylic acids is 1. The van der Waals surface area contributed by atoms with Crippen molar-refractivity contribution in [3.63, 3.8) is 0 Å². The van der Waals surface area contributed by atoms with Gasteiger partial charge in [0, 0.05) is 18.1 Å². The number of ether oxygens (including phenoxy) is 4. The van der Waals surface area contributed by atoms with E-state index in [1.54, 1.807) is 0 Å². The van der Waals surface area contributed by atoms with Gasteiger partial charge in [-0.2, -0.15) is 0 Å². The molecular formula is C43H44O5. The molecule has 0 unspecified atom stereocenters. The SMILES string of the molecule is Cc1c(C)c(OCc2ccccc2)c(C(=O)CCc2ccc(OCc3ccccc3)cc2OCc2ccccc2)c2c1OC(C)(C)CC2. The lowest BCUT2D eigenvalue weighted by Crippen LogP contribution is -2.34. The maximum Gasteiger partial charge on any atom is 0.167 e. The van der Waals surface area contributed by atoms with Gasteiger partial charge in [0.2, 0.25) is 0 Å². The van der Waals surface area contributed by atoms with E-state index in [0.717, 1.165) is 63.3 Å². The van der Waals surface area contributed by atoms with Gasteiger partial charge in [-0.3, -0.25) is 4.79 Å². The van der Waals surface area contributed by atoms with Gasteiger partial charge in [-0.05, 0) is 86.4 Å². The number of hydrogen-bond donors (Lipinski definition) is 0. The molecule has 48 heavy (non-hydrogen) atoms. The summed E-state index contributed by atoms with van der Waals surface area (Å²) in [5.41, 5.74) is 7.44. The lowest BCUT2D eigenvalue weighted by molar-refractivity contribution is 0.0813. The average molecular weight is 641 g/mol. The van der Waals surface area contributed by atoms with Crippen molar-refractivity contribution in [2.75, 3.05) is 0 Å². The summed E-state index contributed by atoms with van der Waals surface area (Å²) in [6.07, 6.45) is 2.38. The van der Waals surface area contributed by atoms with Gasteiger partial charge in [0.05, 0.1) is 5.56 Å². The summed E-state index contributed by atoms with van der Waals surface area (Å²) in [6, 6.07) is 36.2. The lowest BCUT2D eigenvalue weighted by atomic mass is 9.85. The first-order chi connectivity index (χ1) is 23.3. The van der Waals surface area contributed by atoms with Crippen molar-refractivity contribution in [1.29, 1.82) is 0 Å². The first-order valence-electron chi connectivity index (χ1n) is 16.8. The molecule has 6 rings (SSSR count). The summed E-state index contributed by atoms with van der Waals surface area (Å²) in [4.78, 5) is 14.4. The van der Waals surface area contributed by atoms with Crippen molar-refractivity contribution in [3.8, 4) is 23.0 Å². The quantitative estimate of drug-likeness (QED) is 0.120. The van der Waals surface area contributed by atoms with Gasteiger partial charge >= 0.3 is 0 Å². The Hall–Kier alpha value is -5.03. The molecule has 5 aromatic rings. The van der Waals surface area contributed by atoms with E-state index in [4.69, 9.17) is 18.9 Å². The molecule has 5 aromatic carbocycles. The number of ketones is 1. The van der Waals surface area contributed by atoms with Gasteiger partial charge in [0.1, 0.15) is 48.4 Å². The zero-order valence-corrected chi connectivity index (χ0v) is 28.4. The second-order valence-electron chi connectivity index (χ2n) is 13.1. The number of aryl methyl sites for hydroxylation is 1. The van der Waals surface area contributed by atoms with Crippen molar-refractivity contribution < 1.29 is 23.7 Å². The largest absolute Gasteiger partial charge is 0.489 e. The van der Waals surface area contributed by atoms with Crippen LogP contribution in [0.2, 0.25) is 0 Å². The Balaban J connectivity index is 1.28. The molecule has 1 aliphatic rings. The topological polar surface area (TPSA) is 54.0 Å². The van der Waals surface area contributed by atoms with Crippen LogP contribution in [0.4, 0.5) is 0 Å². The minimum atomic E-state index is -0.299. The average Bonchev–Trinajstić information content (AvgIpc) is 3.11. The standard InChI is InChI=1S/C43H44O5/c1-30-31(2)42(47-29-34-18-12-7-13-19-34)40(37-24-25-43(3,4)48-41(30)37)38(44)23-21-35-20-22-36(45-27-32-14-8-5-9-15-32)26-39(35)46-28-33-16-10-6-11-17-33/h5-20,22,26H,21,23-25,27-29H2,1-4H3. The molecule has 0 radical (unpaired) electrons. The first-order valence-corrected chi connectivity index (χ1v) is 16.8. The van der Waals surface area contributed by atoms with Gasteiger partial charge in [-0.1, -0.05) is 97.1 Å². The molecule has 5 heteroatoms. The molecule has 0 spiro atoms. The molecule has 0 amide bonds. The molecule has 0 saturated heterocycles. The van der Waals surface area contributed by atoms with Crippen molar-refractivity contribution in [2.24, 2.45) is 0 Å². The number of carbonyl (C=O) groups is 1. The van der Waals surface area contributed by atoms with E-state index in [-0.39, 0.29) is 11.4 Å². The van der Waals surface area contributed by atoms with Crippen molar-refractivity contribution in [1.82, 2.24) is 0 Å². The summed E-state index contributed by atoms with van der Waals surface area (Å²) >= 11 is 0. The molecule has 0 bridgehead atoms. The van der Waals surface area contributed by atoms with Crippen LogP contribution in [0.15, 0.2) is 109 Å². The van der Waals surface area contributed by atoms with Gasteiger partial charge in [0.25, 0.3) is 0 Å². The molecule has 1 heterocycles. The van der Waals surface area contributed by atoms with Crippen LogP contribution in [-0.2, 0) is 32.7 Å². The number of hydrogen-bond acceptors (Lipinski definition) is 5. The molecule has 0 aliphatic carbocycles. The molecule has 1 aliphatic heterocycles. The van der Waals surface area contributed by atoms with Crippen LogP contribution in [0.25, 0.3) is 0 Å². The second-order valence-corrected chi connectivity index (χ2v) is 13.1. The highest BCUT2D eigenvalue weighted by Crippen LogP contribution is 2.45. The first kappa shape index (κ1) is 32.9. The fourth-order valence-corrected chi connectivity index (χ4v) is 6.16. The highest BCUT2D eigenvalue weighted by Gasteiger charge is 2.34. The summed E-state index contributed by atoms with van der Waals surface area (Å²) in [6.45, 7) is 9.57. The summed E-state index contributed by atoms with van der Waals surface area (Å²) < 4.78 is 25.5. The van der Waals surface area contributed by atoms with Gasteiger partial charge in [0.15, 0.2) is 5.78 Å². The van der Waals surface area contributed by atoms with E-state index < -0.39 is 0 Å². The molecule has 0 fully saturated rings. The second kappa shape index (κ2) is 14.8. The highest BCUT2D eigenvalue weighted by molar-refractivity contribution is 6.02. The number of Topliss-reactive ketones (excluding diaryl/α,β-unsaturated/α-hetero) is 1. The van der Waals surface area contributed by atoms with E-state index >= 15 is 0 Å². The molecule has 0 saturated carbocycles. The van der Waals surface area contributed by atoms with Crippen LogP contribution < -0.4 is 18.9 Å². The molecule has 246 valence electrons. The Labute approximate surface area is 284 Å². The minimum Gasteiger partial charge on any atom is -0.489 e. The Kier molecular flexibility index (Phi) is 10.1. The molecule has 5 nitrogen and oxygen atoms in total. The molecule has 0 atom stereocenters. The third-order valence-electron chi connectivity index (χ3n) is 9.05. The Morgan fingerprint density at radius 2 is 1.27 bits per heavy atom. The lowest BCUT2D eigenvalue weighted by Gasteiger charge is -2.36. The van der Waals surface area contributed by atoms with Crippen LogP contribution in [0.5, 0.6) is 23.0 Å². The van der Waals surface area contributed by atoms with Crippen LogP contribution in [0, 0.1) is 13.8 Å². The minimum absolute atomic E-state index is 0.0409. The predicted molar refractivity (Wildman–Crippen MR) is 190 cm³/mol. The smallest absolute Gasteiger partial charge is 0.167 e. The summed E-state index contributed by atoms with van der Waals surface area (Å²) in [5.74, 6) is 2.96. The van der Waals surface area contributed by atoms with Crippen LogP contribution in [0.1, 0.15) is 76.0 Å². The monoisotopic (exact) mass is 640 g/mol. The molecular weight excluding hydrogens is 596 g/mol. The molecule has 0 aromatic heterocycles. The summed E-state index contributed by atoms with van der Waals surface area (Å²) in [7, 11) is 0. The highest BCUT2D eigenvalue weighted by atomic mass is 16.5. The predicted octanol–water partition coefficient (Wildman–Crippen LogP) is 9.96. The Bertz CT molecular complexity index is 1850. The van der Waals surface area contributed by atoms with E-state index in [2.05, 4.69) is 20.8 Å². The fourth-order valence-electron chi connectivity index (χ4n) is 6.16.